The van der Waals surface area contributed by atoms with Crippen molar-refractivity contribution in [1.29, 1.82) is 5.26 Å². The summed E-state index contributed by atoms with van der Waals surface area (Å²) in [7, 11) is 0. The van der Waals surface area contributed by atoms with Gasteiger partial charge in [-0.15, -0.1) is 11.3 Å². The Hall–Kier alpha value is -2.09. The second-order valence-corrected chi connectivity index (χ2v) is 6.01. The van der Waals surface area contributed by atoms with E-state index in [1.54, 1.807) is 17.4 Å². The molecular formula is C16H10ClFN2S. The van der Waals surface area contributed by atoms with E-state index in [9.17, 15) is 4.39 Å². The van der Waals surface area contributed by atoms with Gasteiger partial charge in [-0.3, -0.25) is 0 Å². The Balaban J connectivity index is 1.87. The number of benzene rings is 2. The van der Waals surface area contributed by atoms with Gasteiger partial charge in [0.2, 0.25) is 0 Å². The molecule has 0 spiro atoms. The van der Waals surface area contributed by atoms with E-state index in [0.717, 1.165) is 20.0 Å². The normalized spacial score (nSPS) is 10.5. The summed E-state index contributed by atoms with van der Waals surface area (Å²) in [6.07, 6.45) is 0. The molecule has 0 fully saturated rings. The molecule has 3 rings (SSSR count). The van der Waals surface area contributed by atoms with Crippen molar-refractivity contribution >= 4 is 38.7 Å². The molecule has 0 aliphatic heterocycles. The van der Waals surface area contributed by atoms with Crippen molar-refractivity contribution in [3.8, 4) is 6.07 Å². The van der Waals surface area contributed by atoms with Gasteiger partial charge in [-0.25, -0.2) is 4.39 Å². The van der Waals surface area contributed by atoms with Crippen LogP contribution in [0.1, 0.15) is 10.4 Å². The summed E-state index contributed by atoms with van der Waals surface area (Å²) in [4.78, 5) is 0.992. The molecule has 0 unspecified atom stereocenters. The number of rotatable bonds is 3. The maximum Gasteiger partial charge on any atom is 0.124 e. The highest BCUT2D eigenvalue weighted by Crippen LogP contribution is 2.35. The van der Waals surface area contributed by atoms with E-state index in [1.165, 1.54) is 12.1 Å². The van der Waals surface area contributed by atoms with Crippen LogP contribution < -0.4 is 5.32 Å². The van der Waals surface area contributed by atoms with Crippen LogP contribution >= 0.6 is 22.9 Å². The van der Waals surface area contributed by atoms with E-state index < -0.39 is 5.82 Å². The van der Waals surface area contributed by atoms with Gasteiger partial charge >= 0.3 is 0 Å². The van der Waals surface area contributed by atoms with Crippen LogP contribution in [0.2, 0.25) is 5.02 Å². The smallest absolute Gasteiger partial charge is 0.124 e. The molecule has 0 saturated heterocycles. The molecule has 21 heavy (non-hydrogen) atoms. The lowest BCUT2D eigenvalue weighted by atomic mass is 10.2. The summed E-state index contributed by atoms with van der Waals surface area (Å²) in [5.41, 5.74) is 0.889. The fraction of sp³-hybridized carbons (Fsp3) is 0.0625. The van der Waals surface area contributed by atoms with Crippen molar-refractivity contribution in [2.45, 2.75) is 6.54 Å². The number of hydrogen-bond acceptors (Lipinski definition) is 3. The van der Waals surface area contributed by atoms with Gasteiger partial charge in [-0.1, -0.05) is 29.8 Å². The minimum Gasteiger partial charge on any atom is -0.379 e. The molecule has 0 atom stereocenters. The predicted octanol–water partition coefficient (Wildman–Crippen LogP) is 5.18. The Labute approximate surface area is 130 Å². The Morgan fingerprint density at radius 1 is 1.24 bits per heavy atom. The molecule has 1 N–H and O–H groups in total. The lowest BCUT2D eigenvalue weighted by Crippen LogP contribution is -2.00. The van der Waals surface area contributed by atoms with Crippen LogP contribution in [0.3, 0.4) is 0 Å². The summed E-state index contributed by atoms with van der Waals surface area (Å²) in [6, 6.07) is 14.0. The van der Waals surface area contributed by atoms with Crippen molar-refractivity contribution in [3.05, 3.63) is 63.7 Å². The molecule has 0 bridgehead atoms. The van der Waals surface area contributed by atoms with E-state index >= 15 is 0 Å². The molecular weight excluding hydrogens is 307 g/mol. The van der Waals surface area contributed by atoms with Crippen LogP contribution in [0.25, 0.3) is 10.1 Å². The summed E-state index contributed by atoms with van der Waals surface area (Å²) in [6.45, 7) is 0.499. The number of anilines is 1. The fourth-order valence-electron chi connectivity index (χ4n) is 2.12. The quantitative estimate of drug-likeness (QED) is 0.723. The van der Waals surface area contributed by atoms with Gasteiger partial charge in [0.05, 0.1) is 22.8 Å². The van der Waals surface area contributed by atoms with Gasteiger partial charge < -0.3 is 5.32 Å². The minimum atomic E-state index is -0.419. The topological polar surface area (TPSA) is 35.8 Å². The average molecular weight is 317 g/mol. The summed E-state index contributed by atoms with van der Waals surface area (Å²) >= 11 is 7.98. The highest BCUT2D eigenvalue weighted by atomic mass is 35.5. The van der Waals surface area contributed by atoms with E-state index in [1.807, 2.05) is 30.3 Å². The average Bonchev–Trinajstić information content (AvgIpc) is 2.83. The Morgan fingerprint density at radius 2 is 2.05 bits per heavy atom. The Morgan fingerprint density at radius 3 is 2.81 bits per heavy atom. The van der Waals surface area contributed by atoms with E-state index in [2.05, 4.69) is 5.32 Å². The standard InChI is InChI=1S/C16H10ClFN2S/c17-16-12-3-1-2-4-14(12)21-15(16)9-20-13-6-5-11(18)7-10(13)8-19/h1-7,20H,9H2. The van der Waals surface area contributed by atoms with E-state index in [0.29, 0.717) is 12.2 Å². The van der Waals surface area contributed by atoms with Crippen LogP contribution in [0.5, 0.6) is 0 Å². The number of halogens is 2. The maximum atomic E-state index is 13.1. The third-order valence-corrected chi connectivity index (χ3v) is 4.86. The van der Waals surface area contributed by atoms with Crippen LogP contribution in [-0.2, 0) is 6.54 Å². The molecule has 0 aliphatic rings. The van der Waals surface area contributed by atoms with Gasteiger partial charge in [-0.2, -0.15) is 5.26 Å². The van der Waals surface area contributed by atoms with Crippen molar-refractivity contribution < 1.29 is 4.39 Å². The Bertz CT molecular complexity index is 851. The largest absolute Gasteiger partial charge is 0.379 e. The highest BCUT2D eigenvalue weighted by molar-refractivity contribution is 7.19. The molecule has 0 aliphatic carbocycles. The fourth-order valence-corrected chi connectivity index (χ4v) is 3.56. The molecule has 2 nitrogen and oxygen atoms in total. The van der Waals surface area contributed by atoms with Gasteiger partial charge in [0.15, 0.2) is 0 Å². The molecule has 0 saturated carbocycles. The van der Waals surface area contributed by atoms with Gasteiger partial charge in [0.25, 0.3) is 0 Å². The zero-order valence-electron chi connectivity index (χ0n) is 10.9. The van der Waals surface area contributed by atoms with Gasteiger partial charge in [0, 0.05) is 15.0 Å². The lowest BCUT2D eigenvalue weighted by molar-refractivity contribution is 0.627. The van der Waals surface area contributed by atoms with Crippen LogP contribution in [-0.4, -0.2) is 0 Å². The van der Waals surface area contributed by atoms with Crippen molar-refractivity contribution in [2.75, 3.05) is 5.32 Å². The van der Waals surface area contributed by atoms with Crippen molar-refractivity contribution in [1.82, 2.24) is 0 Å². The third kappa shape index (κ3) is 2.71. The second kappa shape index (κ2) is 5.72. The highest BCUT2D eigenvalue weighted by Gasteiger charge is 2.10. The van der Waals surface area contributed by atoms with Gasteiger partial charge in [0.1, 0.15) is 11.9 Å². The number of nitriles is 1. The van der Waals surface area contributed by atoms with Gasteiger partial charge in [-0.05, 0) is 24.3 Å². The van der Waals surface area contributed by atoms with Crippen LogP contribution in [0, 0.1) is 17.1 Å². The molecule has 5 heteroatoms. The number of thiophene rings is 1. The van der Waals surface area contributed by atoms with E-state index in [-0.39, 0.29) is 5.56 Å². The van der Waals surface area contributed by atoms with Crippen LogP contribution in [0.4, 0.5) is 10.1 Å². The first kappa shape index (κ1) is 13.9. The van der Waals surface area contributed by atoms with E-state index in [4.69, 9.17) is 16.9 Å². The molecule has 0 amide bonds. The predicted molar refractivity (Wildman–Crippen MR) is 85.3 cm³/mol. The zero-order chi connectivity index (χ0) is 14.8. The summed E-state index contributed by atoms with van der Waals surface area (Å²) in [5.74, 6) is -0.419. The number of nitrogens with one attached hydrogen (secondary N) is 1. The Kier molecular flexibility index (Phi) is 3.78. The molecule has 0 radical (unpaired) electrons. The maximum absolute atomic E-state index is 13.1. The molecule has 3 aromatic rings. The number of nitrogens with zero attached hydrogens (tertiary/aromatic N) is 1. The molecule has 1 aromatic heterocycles. The summed E-state index contributed by atoms with van der Waals surface area (Å²) in [5, 5.41) is 13.9. The van der Waals surface area contributed by atoms with Crippen LogP contribution in [0.15, 0.2) is 42.5 Å². The van der Waals surface area contributed by atoms with Crippen molar-refractivity contribution in [3.63, 3.8) is 0 Å². The minimum absolute atomic E-state index is 0.284. The molecule has 2 aromatic carbocycles. The zero-order valence-corrected chi connectivity index (χ0v) is 12.4. The van der Waals surface area contributed by atoms with Crippen molar-refractivity contribution in [2.24, 2.45) is 0 Å². The molecule has 1 heterocycles. The first-order chi connectivity index (χ1) is 10.2. The summed E-state index contributed by atoms with van der Waals surface area (Å²) < 4.78 is 14.2. The molecule has 104 valence electrons. The lowest BCUT2D eigenvalue weighted by Gasteiger charge is -2.07. The number of fused-ring (bicyclic) bond motifs is 1. The number of hydrogen-bond donors (Lipinski definition) is 1. The SMILES string of the molecule is N#Cc1cc(F)ccc1NCc1sc2ccccc2c1Cl. The first-order valence-electron chi connectivity index (χ1n) is 6.28. The second-order valence-electron chi connectivity index (χ2n) is 4.49. The third-order valence-electron chi connectivity index (χ3n) is 3.14. The first-order valence-corrected chi connectivity index (χ1v) is 7.48. The monoisotopic (exact) mass is 316 g/mol.